The molecule has 0 spiro atoms. The summed E-state index contributed by atoms with van der Waals surface area (Å²) in [7, 11) is 2.44. The average Bonchev–Trinajstić information content (AvgIpc) is 2.81. The van der Waals surface area contributed by atoms with Gasteiger partial charge in [-0.1, -0.05) is 0 Å². The molecule has 0 aliphatic heterocycles. The van der Waals surface area contributed by atoms with Crippen LogP contribution in [0.4, 0.5) is 23.2 Å². The number of carbonyl (C=O) groups excluding carboxylic acids is 2. The first kappa shape index (κ1) is 24.6. The first-order valence-corrected chi connectivity index (χ1v) is 9.77. The van der Waals surface area contributed by atoms with Gasteiger partial charge in [-0.2, -0.15) is 13.2 Å². The van der Waals surface area contributed by atoms with Crippen LogP contribution in [0.3, 0.4) is 0 Å². The Morgan fingerprint density at radius 3 is 2.44 bits per heavy atom. The number of rotatable bonds is 6. The molecule has 2 aromatic heterocycles. The smallest absolute Gasteiger partial charge is 0.433 e. The van der Waals surface area contributed by atoms with Gasteiger partial charge in [-0.15, -0.1) is 0 Å². The lowest BCUT2D eigenvalue weighted by molar-refractivity contribution is -0.141. The Balaban J connectivity index is 2.19. The number of hydrogen-bond acceptors (Lipinski definition) is 6. The summed E-state index contributed by atoms with van der Waals surface area (Å²) in [6, 6.07) is 7.00. The van der Waals surface area contributed by atoms with Crippen molar-refractivity contribution < 1.29 is 36.6 Å². The van der Waals surface area contributed by atoms with Gasteiger partial charge in [0.25, 0.3) is 5.91 Å². The van der Waals surface area contributed by atoms with Crippen molar-refractivity contribution in [3.63, 3.8) is 0 Å². The van der Waals surface area contributed by atoms with Gasteiger partial charge in [0.1, 0.15) is 23.8 Å². The molecule has 0 aliphatic rings. The summed E-state index contributed by atoms with van der Waals surface area (Å²) < 4.78 is 63.5. The molecule has 11 heteroatoms. The largest absolute Gasteiger partial charge is 0.496 e. The monoisotopic (exact) mass is 477 g/mol. The molecule has 0 aliphatic carbocycles. The summed E-state index contributed by atoms with van der Waals surface area (Å²) in [5.41, 5.74) is -0.865. The maximum Gasteiger partial charge on any atom is 0.433 e. The molecule has 0 saturated carbocycles. The molecule has 0 radical (unpaired) electrons. The lowest BCUT2D eigenvalue weighted by Crippen LogP contribution is -2.37. The summed E-state index contributed by atoms with van der Waals surface area (Å²) in [5, 5.41) is 0. The number of pyridine rings is 2. The van der Waals surface area contributed by atoms with E-state index in [1.165, 1.54) is 50.7 Å². The third kappa shape index (κ3) is 5.30. The van der Waals surface area contributed by atoms with Gasteiger partial charge in [0.05, 0.1) is 26.1 Å². The van der Waals surface area contributed by atoms with Gasteiger partial charge in [0.2, 0.25) is 0 Å². The highest BCUT2D eigenvalue weighted by Gasteiger charge is 2.34. The van der Waals surface area contributed by atoms with Crippen LogP contribution in [0.1, 0.15) is 21.7 Å². The van der Waals surface area contributed by atoms with Crippen molar-refractivity contribution >= 4 is 17.6 Å². The number of benzene rings is 1. The molecule has 178 valence electrons. The van der Waals surface area contributed by atoms with E-state index in [-0.39, 0.29) is 22.7 Å². The Labute approximate surface area is 192 Å². The van der Waals surface area contributed by atoms with E-state index in [2.05, 4.69) is 14.7 Å². The first-order chi connectivity index (χ1) is 16.0. The van der Waals surface area contributed by atoms with Gasteiger partial charge in [-0.05, 0) is 37.3 Å². The fourth-order valence-corrected chi connectivity index (χ4v) is 3.27. The van der Waals surface area contributed by atoms with Gasteiger partial charge in [0, 0.05) is 34.6 Å². The highest BCUT2D eigenvalue weighted by atomic mass is 19.4. The van der Waals surface area contributed by atoms with Crippen LogP contribution in [0.15, 0.2) is 48.8 Å². The van der Waals surface area contributed by atoms with Crippen LogP contribution in [0.25, 0.3) is 11.1 Å². The number of aryl methyl sites for hydroxylation is 1. The Bertz CT molecular complexity index is 1230. The normalized spacial score (nSPS) is 11.1. The molecule has 0 fully saturated rings. The highest BCUT2D eigenvalue weighted by molar-refractivity contribution is 6.10. The number of alkyl halides is 3. The molecule has 0 atom stereocenters. The number of ether oxygens (including phenoxy) is 2. The molecule has 34 heavy (non-hydrogen) atoms. The Hall–Kier alpha value is -4.02. The molecule has 0 bridgehead atoms. The number of esters is 1. The van der Waals surface area contributed by atoms with E-state index in [0.717, 1.165) is 18.1 Å². The minimum atomic E-state index is -4.78. The van der Waals surface area contributed by atoms with Crippen molar-refractivity contribution in [2.75, 3.05) is 25.7 Å². The zero-order chi connectivity index (χ0) is 25.0. The van der Waals surface area contributed by atoms with Crippen molar-refractivity contribution in [1.82, 2.24) is 9.97 Å². The van der Waals surface area contributed by atoms with Crippen molar-refractivity contribution in [3.8, 4) is 16.9 Å². The number of anilines is 1. The van der Waals surface area contributed by atoms with Crippen molar-refractivity contribution in [1.29, 1.82) is 0 Å². The van der Waals surface area contributed by atoms with E-state index in [9.17, 15) is 27.2 Å². The van der Waals surface area contributed by atoms with E-state index < -0.39 is 36.1 Å². The quantitative estimate of drug-likeness (QED) is 0.386. The second-order valence-electron chi connectivity index (χ2n) is 7.09. The van der Waals surface area contributed by atoms with E-state index in [0.29, 0.717) is 17.2 Å². The maximum atomic E-state index is 13.7. The SMILES string of the molecule is COC(=O)CN(C(=O)c1cc(C)nc(C(F)(F)F)c1)c1cnccc1-c1ccc(F)cc1OC. The molecule has 0 saturated heterocycles. The Morgan fingerprint density at radius 1 is 1.06 bits per heavy atom. The van der Waals surface area contributed by atoms with Crippen LogP contribution in [-0.2, 0) is 15.7 Å². The maximum absolute atomic E-state index is 13.7. The number of hydrogen-bond donors (Lipinski definition) is 0. The molecule has 7 nitrogen and oxygen atoms in total. The zero-order valence-corrected chi connectivity index (χ0v) is 18.3. The molecule has 1 amide bonds. The molecule has 3 aromatic rings. The highest BCUT2D eigenvalue weighted by Crippen LogP contribution is 2.37. The molecular formula is C23H19F4N3O4. The summed E-state index contributed by atoms with van der Waals surface area (Å²) in [5.74, 6) is -2.17. The van der Waals surface area contributed by atoms with Crippen molar-refractivity contribution in [2.24, 2.45) is 0 Å². The third-order valence-corrected chi connectivity index (χ3v) is 4.80. The van der Waals surface area contributed by atoms with Crippen LogP contribution in [0, 0.1) is 12.7 Å². The van der Waals surface area contributed by atoms with E-state index in [1.807, 2.05) is 0 Å². The van der Waals surface area contributed by atoms with E-state index in [4.69, 9.17) is 4.74 Å². The number of amides is 1. The van der Waals surface area contributed by atoms with E-state index >= 15 is 0 Å². The van der Waals surface area contributed by atoms with Crippen molar-refractivity contribution in [2.45, 2.75) is 13.1 Å². The van der Waals surface area contributed by atoms with Crippen LogP contribution >= 0.6 is 0 Å². The van der Waals surface area contributed by atoms with Gasteiger partial charge in [0.15, 0.2) is 0 Å². The minimum absolute atomic E-state index is 0.0391. The lowest BCUT2D eigenvalue weighted by Gasteiger charge is -2.25. The van der Waals surface area contributed by atoms with E-state index in [1.54, 1.807) is 0 Å². The second kappa shape index (κ2) is 9.86. The van der Waals surface area contributed by atoms with Gasteiger partial charge >= 0.3 is 12.1 Å². The zero-order valence-electron chi connectivity index (χ0n) is 18.3. The summed E-state index contributed by atoms with van der Waals surface area (Å²) in [4.78, 5) is 33.9. The third-order valence-electron chi connectivity index (χ3n) is 4.80. The number of nitrogens with zero attached hydrogens (tertiary/aromatic N) is 3. The lowest BCUT2D eigenvalue weighted by atomic mass is 10.0. The predicted molar refractivity (Wildman–Crippen MR) is 114 cm³/mol. The summed E-state index contributed by atoms with van der Waals surface area (Å²) in [6.45, 7) is 0.690. The van der Waals surface area contributed by atoms with Gasteiger partial charge in [-0.3, -0.25) is 19.5 Å². The number of aromatic nitrogens is 2. The molecule has 2 heterocycles. The number of methoxy groups -OCH3 is 2. The molecule has 0 unspecified atom stereocenters. The van der Waals surface area contributed by atoms with Crippen molar-refractivity contribution in [3.05, 3.63) is 71.6 Å². The Morgan fingerprint density at radius 2 is 1.79 bits per heavy atom. The fraction of sp³-hybridized carbons (Fsp3) is 0.217. The number of carbonyl (C=O) groups is 2. The Kier molecular flexibility index (Phi) is 7.14. The molecule has 3 rings (SSSR count). The van der Waals surface area contributed by atoms with Crippen LogP contribution in [0.5, 0.6) is 5.75 Å². The van der Waals surface area contributed by atoms with Crippen LogP contribution in [-0.4, -0.2) is 42.6 Å². The van der Waals surface area contributed by atoms with Crippen LogP contribution in [0.2, 0.25) is 0 Å². The number of halogens is 4. The molecule has 1 aromatic carbocycles. The minimum Gasteiger partial charge on any atom is -0.496 e. The summed E-state index contributed by atoms with van der Waals surface area (Å²) >= 11 is 0. The topological polar surface area (TPSA) is 81.6 Å². The standard InChI is InChI=1S/C23H19F4N3O4/c1-13-8-14(9-20(29-13)23(25,26)27)22(32)30(12-21(31)34-3)18-11-28-7-6-16(18)17-5-4-15(24)10-19(17)33-2/h4-11H,12H2,1-3H3. The first-order valence-electron chi connectivity index (χ1n) is 9.77. The predicted octanol–water partition coefficient (Wildman–Crippen LogP) is 4.44. The summed E-state index contributed by atoms with van der Waals surface area (Å²) in [6.07, 6.45) is -2.12. The average molecular weight is 477 g/mol. The fourth-order valence-electron chi connectivity index (χ4n) is 3.27. The molecule has 0 N–H and O–H groups in total. The van der Waals surface area contributed by atoms with Gasteiger partial charge < -0.3 is 9.47 Å². The second-order valence-corrected chi connectivity index (χ2v) is 7.09. The van der Waals surface area contributed by atoms with Gasteiger partial charge in [-0.25, -0.2) is 9.37 Å². The molecular weight excluding hydrogens is 458 g/mol. The van der Waals surface area contributed by atoms with Crippen LogP contribution < -0.4 is 9.64 Å².